The standard InChI is InChI=1S/C20H23F3N2O2.2ClH/c1-26-18-13-16(19(20(21,22)23)25-11-9-24-10-12-25)7-8-17(18)27-14-15-5-3-2-4-6-15;;/h2-8,13,19,24H,9-12,14H2,1H3;2*1H/t19-;;/m1../s1. The molecule has 1 N–H and O–H groups in total. The maximum Gasteiger partial charge on any atom is 0.408 e. The van der Waals surface area contributed by atoms with Crippen LogP contribution in [0.15, 0.2) is 48.5 Å². The number of hydrogen-bond acceptors (Lipinski definition) is 4. The molecule has 3 rings (SSSR count). The average Bonchev–Trinajstić information content (AvgIpc) is 2.67. The normalized spacial score (nSPS) is 15.6. The van der Waals surface area contributed by atoms with E-state index < -0.39 is 12.2 Å². The Balaban J connectivity index is 0.00000210. The highest BCUT2D eigenvalue weighted by molar-refractivity contribution is 5.85. The summed E-state index contributed by atoms with van der Waals surface area (Å²) >= 11 is 0. The number of nitrogens with one attached hydrogen (secondary N) is 1. The summed E-state index contributed by atoms with van der Waals surface area (Å²) in [6.45, 7) is 2.10. The molecule has 9 heteroatoms. The van der Waals surface area contributed by atoms with Gasteiger partial charge in [0.2, 0.25) is 0 Å². The number of rotatable bonds is 6. The minimum atomic E-state index is -4.37. The Morgan fingerprint density at radius 2 is 1.66 bits per heavy atom. The van der Waals surface area contributed by atoms with Crippen LogP contribution >= 0.6 is 24.8 Å². The topological polar surface area (TPSA) is 33.7 Å². The Labute approximate surface area is 181 Å². The largest absolute Gasteiger partial charge is 0.493 e. The smallest absolute Gasteiger partial charge is 0.408 e. The second-order valence-electron chi connectivity index (χ2n) is 6.41. The molecule has 1 atom stereocenters. The molecule has 0 spiro atoms. The minimum Gasteiger partial charge on any atom is -0.493 e. The van der Waals surface area contributed by atoms with Gasteiger partial charge in [-0.05, 0) is 23.3 Å². The average molecular weight is 453 g/mol. The number of halogens is 5. The highest BCUT2D eigenvalue weighted by Crippen LogP contribution is 2.41. The molecule has 1 saturated heterocycles. The molecule has 0 saturated carbocycles. The van der Waals surface area contributed by atoms with Gasteiger partial charge in [0.25, 0.3) is 0 Å². The Hall–Kier alpha value is -1.67. The summed E-state index contributed by atoms with van der Waals surface area (Å²) in [5.41, 5.74) is 1.13. The lowest BCUT2D eigenvalue weighted by atomic mass is 10.0. The van der Waals surface area contributed by atoms with Crippen LogP contribution in [0, 0.1) is 0 Å². The molecule has 4 nitrogen and oxygen atoms in total. The van der Waals surface area contributed by atoms with E-state index in [0.29, 0.717) is 44.3 Å². The molecule has 1 fully saturated rings. The Kier molecular flexibility index (Phi) is 10.1. The molecule has 0 bridgehead atoms. The zero-order valence-corrected chi connectivity index (χ0v) is 17.6. The van der Waals surface area contributed by atoms with Crippen molar-refractivity contribution < 1.29 is 22.6 Å². The summed E-state index contributed by atoms with van der Waals surface area (Å²) < 4.78 is 52.3. The molecule has 162 valence electrons. The second kappa shape index (κ2) is 11.5. The summed E-state index contributed by atoms with van der Waals surface area (Å²) in [7, 11) is 1.43. The van der Waals surface area contributed by atoms with E-state index in [9.17, 15) is 13.2 Å². The Morgan fingerprint density at radius 3 is 2.24 bits per heavy atom. The van der Waals surface area contributed by atoms with Crippen molar-refractivity contribution in [1.29, 1.82) is 0 Å². The van der Waals surface area contributed by atoms with Crippen molar-refractivity contribution in [1.82, 2.24) is 10.2 Å². The van der Waals surface area contributed by atoms with E-state index >= 15 is 0 Å². The third-order valence-electron chi connectivity index (χ3n) is 4.57. The van der Waals surface area contributed by atoms with Gasteiger partial charge < -0.3 is 14.8 Å². The van der Waals surface area contributed by atoms with Crippen LogP contribution in [0.2, 0.25) is 0 Å². The van der Waals surface area contributed by atoms with Gasteiger partial charge in [0.05, 0.1) is 7.11 Å². The first-order valence-electron chi connectivity index (χ1n) is 8.85. The van der Waals surface area contributed by atoms with E-state index in [0.717, 1.165) is 5.56 Å². The summed E-state index contributed by atoms with van der Waals surface area (Å²) in [6.07, 6.45) is -4.37. The fourth-order valence-electron chi connectivity index (χ4n) is 3.26. The summed E-state index contributed by atoms with van der Waals surface area (Å²) in [4.78, 5) is 1.45. The van der Waals surface area contributed by atoms with Gasteiger partial charge in [-0.1, -0.05) is 36.4 Å². The third-order valence-corrected chi connectivity index (χ3v) is 4.57. The molecule has 2 aromatic rings. The fraction of sp³-hybridized carbons (Fsp3) is 0.400. The van der Waals surface area contributed by atoms with E-state index in [2.05, 4.69) is 5.32 Å². The molecule has 1 aliphatic heterocycles. The van der Waals surface area contributed by atoms with Crippen molar-refractivity contribution in [2.45, 2.75) is 18.8 Å². The van der Waals surface area contributed by atoms with Gasteiger partial charge in [-0.15, -0.1) is 24.8 Å². The molecule has 1 heterocycles. The fourth-order valence-corrected chi connectivity index (χ4v) is 3.26. The van der Waals surface area contributed by atoms with Crippen LogP contribution in [-0.4, -0.2) is 44.4 Å². The van der Waals surface area contributed by atoms with E-state index in [-0.39, 0.29) is 30.4 Å². The van der Waals surface area contributed by atoms with Gasteiger partial charge in [-0.2, -0.15) is 13.2 Å². The predicted octanol–water partition coefficient (Wildman–Crippen LogP) is 4.63. The molecule has 0 aliphatic carbocycles. The van der Waals surface area contributed by atoms with Crippen LogP contribution in [0.3, 0.4) is 0 Å². The number of piperazine rings is 1. The van der Waals surface area contributed by atoms with Gasteiger partial charge in [0.1, 0.15) is 12.6 Å². The second-order valence-corrected chi connectivity index (χ2v) is 6.41. The molecule has 29 heavy (non-hydrogen) atoms. The van der Waals surface area contributed by atoms with Crippen LogP contribution < -0.4 is 14.8 Å². The highest BCUT2D eigenvalue weighted by atomic mass is 35.5. The van der Waals surface area contributed by atoms with Crippen molar-refractivity contribution in [3.05, 3.63) is 59.7 Å². The van der Waals surface area contributed by atoms with Crippen LogP contribution in [0.1, 0.15) is 17.2 Å². The van der Waals surface area contributed by atoms with E-state index in [4.69, 9.17) is 9.47 Å². The van der Waals surface area contributed by atoms with Crippen molar-refractivity contribution in [3.8, 4) is 11.5 Å². The molecular formula is C20H25Cl2F3N2O2. The minimum absolute atomic E-state index is 0. The Bertz CT molecular complexity index is 742. The Morgan fingerprint density at radius 1 is 1.00 bits per heavy atom. The predicted molar refractivity (Wildman–Crippen MR) is 112 cm³/mol. The van der Waals surface area contributed by atoms with Crippen molar-refractivity contribution >= 4 is 24.8 Å². The van der Waals surface area contributed by atoms with Gasteiger partial charge in [0, 0.05) is 26.2 Å². The first kappa shape index (κ1) is 25.4. The number of alkyl halides is 3. The zero-order chi connectivity index (χ0) is 19.3. The number of methoxy groups -OCH3 is 1. The zero-order valence-electron chi connectivity index (χ0n) is 15.9. The summed E-state index contributed by atoms with van der Waals surface area (Å²) in [5.74, 6) is 0.721. The highest BCUT2D eigenvalue weighted by Gasteiger charge is 2.45. The van der Waals surface area contributed by atoms with Gasteiger partial charge in [-0.3, -0.25) is 4.90 Å². The van der Waals surface area contributed by atoms with Crippen molar-refractivity contribution in [3.63, 3.8) is 0 Å². The summed E-state index contributed by atoms with van der Waals surface area (Å²) in [5, 5.41) is 3.08. The number of nitrogens with zero attached hydrogens (tertiary/aromatic N) is 1. The van der Waals surface area contributed by atoms with E-state index in [1.807, 2.05) is 30.3 Å². The first-order valence-corrected chi connectivity index (χ1v) is 8.85. The molecule has 1 aliphatic rings. The number of ether oxygens (including phenoxy) is 2. The monoisotopic (exact) mass is 452 g/mol. The maximum atomic E-state index is 13.8. The lowest BCUT2D eigenvalue weighted by Gasteiger charge is -2.36. The number of benzene rings is 2. The molecule has 0 amide bonds. The SMILES string of the molecule is COc1cc([C@@H](N2CCNCC2)C(F)(F)F)ccc1OCc1ccccc1.Cl.Cl. The molecule has 0 aromatic heterocycles. The molecule has 0 unspecified atom stereocenters. The molecule has 0 radical (unpaired) electrons. The van der Waals surface area contributed by atoms with Crippen LogP contribution in [0.4, 0.5) is 13.2 Å². The lowest BCUT2D eigenvalue weighted by Crippen LogP contribution is -2.49. The summed E-state index contributed by atoms with van der Waals surface area (Å²) in [6, 6.07) is 12.4. The van der Waals surface area contributed by atoms with E-state index in [1.165, 1.54) is 24.1 Å². The van der Waals surface area contributed by atoms with Crippen molar-refractivity contribution in [2.24, 2.45) is 0 Å². The molecular weight excluding hydrogens is 428 g/mol. The third kappa shape index (κ3) is 6.67. The maximum absolute atomic E-state index is 13.8. The van der Waals surface area contributed by atoms with Crippen molar-refractivity contribution in [2.75, 3.05) is 33.3 Å². The molecule has 2 aromatic carbocycles. The van der Waals surface area contributed by atoms with Gasteiger partial charge >= 0.3 is 6.18 Å². The van der Waals surface area contributed by atoms with Crippen LogP contribution in [0.25, 0.3) is 0 Å². The van der Waals surface area contributed by atoms with Gasteiger partial charge in [-0.25, -0.2) is 0 Å². The van der Waals surface area contributed by atoms with Crippen LogP contribution in [0.5, 0.6) is 11.5 Å². The quantitative estimate of drug-likeness (QED) is 0.692. The first-order chi connectivity index (χ1) is 13.0. The van der Waals surface area contributed by atoms with Crippen LogP contribution in [-0.2, 0) is 6.61 Å². The lowest BCUT2D eigenvalue weighted by molar-refractivity contribution is -0.187. The van der Waals surface area contributed by atoms with Gasteiger partial charge in [0.15, 0.2) is 11.5 Å². The van der Waals surface area contributed by atoms with E-state index in [1.54, 1.807) is 6.07 Å². The number of hydrogen-bond donors (Lipinski definition) is 1.